The minimum absolute atomic E-state index is 0.167. The summed E-state index contributed by atoms with van der Waals surface area (Å²) < 4.78 is 67.8. The van der Waals surface area contributed by atoms with Crippen LogP contribution in [0.5, 0.6) is 0 Å². The summed E-state index contributed by atoms with van der Waals surface area (Å²) in [5.74, 6) is -0.680. The molecule has 0 aliphatic heterocycles. The van der Waals surface area contributed by atoms with Gasteiger partial charge in [-0.05, 0) is 54.8 Å². The Bertz CT molecular complexity index is 1280. The zero-order valence-electron chi connectivity index (χ0n) is 19.0. The highest BCUT2D eigenvalue weighted by Crippen LogP contribution is 2.38. The summed E-state index contributed by atoms with van der Waals surface area (Å²) in [5.41, 5.74) is 0.393. The van der Waals surface area contributed by atoms with Crippen LogP contribution in [0, 0.1) is 0 Å². The van der Waals surface area contributed by atoms with Gasteiger partial charge in [-0.3, -0.25) is 9.10 Å². The predicted molar refractivity (Wildman–Crippen MR) is 130 cm³/mol. The van der Waals surface area contributed by atoms with Crippen molar-refractivity contribution in [2.24, 2.45) is 0 Å². The molecule has 0 unspecified atom stereocenters. The summed E-state index contributed by atoms with van der Waals surface area (Å²) in [6, 6.07) is 17.0. The molecule has 0 saturated heterocycles. The maximum absolute atomic E-state index is 13.5. The topological polar surface area (TPSA) is 66.5 Å². The first-order valence-electron chi connectivity index (χ1n) is 10.8. The summed E-state index contributed by atoms with van der Waals surface area (Å²) in [4.78, 5) is 12.7. The van der Waals surface area contributed by atoms with Gasteiger partial charge in [-0.2, -0.15) is 13.2 Å². The van der Waals surface area contributed by atoms with Crippen LogP contribution in [-0.4, -0.2) is 20.9 Å². The van der Waals surface area contributed by atoms with E-state index in [0.29, 0.717) is 10.4 Å². The smallest absolute Gasteiger partial charge is 0.348 e. The Labute approximate surface area is 207 Å². The van der Waals surface area contributed by atoms with E-state index < -0.39 is 45.3 Å². The van der Waals surface area contributed by atoms with Crippen molar-refractivity contribution in [2.45, 2.75) is 37.4 Å². The Balaban J connectivity index is 1.95. The normalized spacial score (nSPS) is 12.7. The highest BCUT2D eigenvalue weighted by Gasteiger charge is 2.35. The molecular formula is C25H24ClF3N2O3S. The van der Waals surface area contributed by atoms with E-state index in [4.69, 9.17) is 11.6 Å². The first-order chi connectivity index (χ1) is 16.4. The van der Waals surface area contributed by atoms with Crippen molar-refractivity contribution >= 4 is 33.2 Å². The van der Waals surface area contributed by atoms with Gasteiger partial charge in [-0.25, -0.2) is 8.42 Å². The molecule has 0 radical (unpaired) electrons. The molecule has 10 heteroatoms. The molecular weight excluding hydrogens is 501 g/mol. The molecule has 0 aliphatic rings. The van der Waals surface area contributed by atoms with Crippen LogP contribution in [0.15, 0.2) is 77.7 Å². The molecule has 1 amide bonds. The molecule has 1 N–H and O–H groups in total. The fourth-order valence-electron chi connectivity index (χ4n) is 3.46. The maximum Gasteiger partial charge on any atom is 0.417 e. The number of nitrogens with one attached hydrogen (secondary N) is 1. The second kappa shape index (κ2) is 10.7. The Morgan fingerprint density at radius 1 is 1.03 bits per heavy atom. The molecule has 0 spiro atoms. The third-order valence-corrected chi connectivity index (χ3v) is 7.54. The molecule has 5 nitrogen and oxygen atoms in total. The Morgan fingerprint density at radius 3 is 2.23 bits per heavy atom. The molecule has 0 aromatic heterocycles. The van der Waals surface area contributed by atoms with Crippen LogP contribution in [0.2, 0.25) is 5.02 Å². The number of aryl methyl sites for hydroxylation is 1. The second-order valence-electron chi connectivity index (χ2n) is 7.87. The van der Waals surface area contributed by atoms with E-state index in [9.17, 15) is 26.4 Å². The molecule has 0 fully saturated rings. The highest BCUT2D eigenvalue weighted by molar-refractivity contribution is 7.92. The number of alkyl halides is 3. The predicted octanol–water partition coefficient (Wildman–Crippen LogP) is 5.99. The molecule has 0 aliphatic carbocycles. The second-order valence-corrected chi connectivity index (χ2v) is 10.1. The van der Waals surface area contributed by atoms with E-state index in [1.165, 1.54) is 24.3 Å². The van der Waals surface area contributed by atoms with Crippen molar-refractivity contribution in [3.63, 3.8) is 0 Å². The van der Waals surface area contributed by atoms with Crippen molar-refractivity contribution in [2.75, 3.05) is 10.8 Å². The van der Waals surface area contributed by atoms with Crippen LogP contribution in [0.3, 0.4) is 0 Å². The SMILES string of the molecule is CCc1ccc([C@H](C)NC(=O)CN(c2ccc(Cl)c(C(F)(F)F)c2)S(=O)(=O)c2ccccc2)cc1. The molecule has 35 heavy (non-hydrogen) atoms. The highest BCUT2D eigenvalue weighted by atomic mass is 35.5. The summed E-state index contributed by atoms with van der Waals surface area (Å²) in [7, 11) is -4.37. The van der Waals surface area contributed by atoms with Gasteiger partial charge in [0.05, 0.1) is 27.2 Å². The van der Waals surface area contributed by atoms with Crippen molar-refractivity contribution in [1.29, 1.82) is 0 Å². The molecule has 1 atom stereocenters. The largest absolute Gasteiger partial charge is 0.417 e. The standard InChI is InChI=1S/C25H24ClF3N2O3S/c1-3-18-9-11-19(12-10-18)17(2)30-24(32)16-31(35(33,34)21-7-5-4-6-8-21)20-13-14-23(26)22(15-20)25(27,28)29/h4-15,17H,3,16H2,1-2H3,(H,30,32)/t17-/m0/s1. The van der Waals surface area contributed by atoms with Crippen molar-refractivity contribution < 1.29 is 26.4 Å². The first kappa shape index (κ1) is 26.6. The molecule has 3 rings (SSSR count). The Hall–Kier alpha value is -3.04. The first-order valence-corrected chi connectivity index (χ1v) is 12.6. The number of sulfonamides is 1. The van der Waals surface area contributed by atoms with Crippen LogP contribution < -0.4 is 9.62 Å². The molecule has 0 saturated carbocycles. The van der Waals surface area contributed by atoms with Crippen LogP contribution in [-0.2, 0) is 27.4 Å². The van der Waals surface area contributed by atoms with Gasteiger partial charge in [-0.1, -0.05) is 61.0 Å². The fraction of sp³-hybridized carbons (Fsp3) is 0.240. The quantitative estimate of drug-likeness (QED) is 0.393. The van der Waals surface area contributed by atoms with E-state index in [2.05, 4.69) is 5.32 Å². The number of amides is 1. The fourth-order valence-corrected chi connectivity index (χ4v) is 5.12. The van der Waals surface area contributed by atoms with Gasteiger partial charge in [0.1, 0.15) is 6.54 Å². The minimum Gasteiger partial charge on any atom is -0.348 e. The maximum atomic E-state index is 13.5. The number of anilines is 1. The molecule has 3 aromatic rings. The number of carbonyl (C=O) groups excluding carboxylic acids is 1. The number of benzene rings is 3. The van der Waals surface area contributed by atoms with Gasteiger partial charge < -0.3 is 5.32 Å². The average Bonchev–Trinajstić information content (AvgIpc) is 2.82. The van der Waals surface area contributed by atoms with Gasteiger partial charge in [0.15, 0.2) is 0 Å². The number of hydrogen-bond acceptors (Lipinski definition) is 3. The number of halogens is 4. The van der Waals surface area contributed by atoms with Gasteiger partial charge in [0.2, 0.25) is 5.91 Å². The molecule has 0 bridgehead atoms. The zero-order valence-corrected chi connectivity index (χ0v) is 20.6. The van der Waals surface area contributed by atoms with Gasteiger partial charge in [-0.15, -0.1) is 0 Å². The average molecular weight is 525 g/mol. The third-order valence-electron chi connectivity index (χ3n) is 5.43. The van der Waals surface area contributed by atoms with Crippen LogP contribution in [0.4, 0.5) is 18.9 Å². The van der Waals surface area contributed by atoms with Crippen LogP contribution in [0.1, 0.15) is 36.6 Å². The lowest BCUT2D eigenvalue weighted by Gasteiger charge is -2.26. The van der Waals surface area contributed by atoms with E-state index >= 15 is 0 Å². The number of rotatable bonds is 8. The molecule has 0 heterocycles. The summed E-state index contributed by atoms with van der Waals surface area (Å²) in [5, 5.41) is 2.14. The van der Waals surface area contributed by atoms with Gasteiger partial charge in [0, 0.05) is 0 Å². The minimum atomic E-state index is -4.81. The molecule has 3 aromatic carbocycles. The van der Waals surface area contributed by atoms with E-state index in [0.717, 1.165) is 29.7 Å². The van der Waals surface area contributed by atoms with Crippen LogP contribution in [0.25, 0.3) is 0 Å². The summed E-state index contributed by atoms with van der Waals surface area (Å²) in [6.07, 6.45) is -3.95. The lowest BCUT2D eigenvalue weighted by Crippen LogP contribution is -2.41. The number of nitrogens with zero attached hydrogens (tertiary/aromatic N) is 1. The zero-order chi connectivity index (χ0) is 25.8. The number of hydrogen-bond donors (Lipinski definition) is 1. The lowest BCUT2D eigenvalue weighted by atomic mass is 10.1. The van der Waals surface area contributed by atoms with E-state index in [1.54, 1.807) is 13.0 Å². The lowest BCUT2D eigenvalue weighted by molar-refractivity contribution is -0.137. The van der Waals surface area contributed by atoms with Crippen molar-refractivity contribution in [3.05, 3.63) is 94.5 Å². The van der Waals surface area contributed by atoms with Crippen LogP contribution >= 0.6 is 11.6 Å². The van der Waals surface area contributed by atoms with Crippen molar-refractivity contribution in [1.82, 2.24) is 5.32 Å². The number of carbonyl (C=O) groups is 1. The summed E-state index contributed by atoms with van der Waals surface area (Å²) in [6.45, 7) is 3.02. The molecule has 186 valence electrons. The van der Waals surface area contributed by atoms with Gasteiger partial charge in [0.25, 0.3) is 10.0 Å². The summed E-state index contributed by atoms with van der Waals surface area (Å²) >= 11 is 5.71. The third kappa shape index (κ3) is 6.35. The van der Waals surface area contributed by atoms with E-state index in [1.807, 2.05) is 31.2 Å². The monoisotopic (exact) mass is 524 g/mol. The van der Waals surface area contributed by atoms with Crippen molar-refractivity contribution in [3.8, 4) is 0 Å². The van der Waals surface area contributed by atoms with E-state index in [-0.39, 0.29) is 10.6 Å². The Kier molecular flexibility index (Phi) is 8.12. The van der Waals surface area contributed by atoms with Gasteiger partial charge >= 0.3 is 6.18 Å². The Morgan fingerprint density at radius 2 is 1.66 bits per heavy atom.